The van der Waals surface area contributed by atoms with E-state index in [1.165, 1.54) is 0 Å². The van der Waals surface area contributed by atoms with Crippen molar-refractivity contribution in [3.63, 3.8) is 0 Å². The molecule has 0 radical (unpaired) electrons. The summed E-state index contributed by atoms with van der Waals surface area (Å²) in [7, 11) is 0. The van der Waals surface area contributed by atoms with Crippen LogP contribution in [0.2, 0.25) is 0 Å². The first kappa shape index (κ1) is 13.7. The summed E-state index contributed by atoms with van der Waals surface area (Å²) in [4.78, 5) is 12.2. The lowest BCUT2D eigenvalue weighted by Crippen LogP contribution is -2.49. The Kier molecular flexibility index (Phi) is 4.66. The van der Waals surface area contributed by atoms with E-state index in [2.05, 4.69) is 29.8 Å². The molecule has 2 atom stereocenters. The van der Waals surface area contributed by atoms with Gasteiger partial charge in [0.25, 0.3) is 0 Å². The maximum Gasteiger partial charge on any atom is 0.244 e. The number of amides is 1. The molecule has 1 aliphatic heterocycles. The van der Waals surface area contributed by atoms with Gasteiger partial charge in [-0.05, 0) is 25.0 Å². The van der Waals surface area contributed by atoms with E-state index in [1.54, 1.807) is 0 Å². The van der Waals surface area contributed by atoms with Gasteiger partial charge in [-0.25, -0.2) is 0 Å². The van der Waals surface area contributed by atoms with Gasteiger partial charge in [0.05, 0.1) is 11.4 Å². The highest BCUT2D eigenvalue weighted by Gasteiger charge is 2.24. The molecule has 1 aromatic rings. The largest absolute Gasteiger partial charge is 0.381 e. The molecule has 0 aliphatic carbocycles. The van der Waals surface area contributed by atoms with Crippen molar-refractivity contribution >= 4 is 17.3 Å². The van der Waals surface area contributed by atoms with Crippen LogP contribution in [0, 0.1) is 0 Å². The van der Waals surface area contributed by atoms with Crippen LogP contribution < -0.4 is 16.0 Å². The average Bonchev–Trinajstić information content (AvgIpc) is 2.46. The third-order valence-electron chi connectivity index (χ3n) is 3.55. The molecule has 0 saturated carbocycles. The second kappa shape index (κ2) is 6.45. The van der Waals surface area contributed by atoms with Crippen molar-refractivity contribution in [3.05, 3.63) is 24.3 Å². The molecule has 104 valence electrons. The molecule has 1 aliphatic rings. The average molecular weight is 261 g/mol. The molecule has 1 heterocycles. The molecular formula is C15H23N3O. The van der Waals surface area contributed by atoms with E-state index in [1.807, 2.05) is 24.3 Å². The minimum atomic E-state index is -0.194. The molecule has 0 saturated heterocycles. The summed E-state index contributed by atoms with van der Waals surface area (Å²) < 4.78 is 0. The van der Waals surface area contributed by atoms with Crippen molar-refractivity contribution in [1.82, 2.24) is 5.32 Å². The van der Waals surface area contributed by atoms with Gasteiger partial charge in [-0.15, -0.1) is 0 Å². The zero-order chi connectivity index (χ0) is 13.7. The highest BCUT2D eigenvalue weighted by atomic mass is 16.2. The summed E-state index contributed by atoms with van der Waals surface area (Å²) in [6.07, 6.45) is 3.12. The zero-order valence-corrected chi connectivity index (χ0v) is 11.7. The number of rotatable bonds is 5. The van der Waals surface area contributed by atoms with E-state index in [9.17, 15) is 4.79 Å². The first-order valence-corrected chi connectivity index (χ1v) is 7.14. The number of anilines is 2. The lowest BCUT2D eigenvalue weighted by atomic mass is 10.1. The quantitative estimate of drug-likeness (QED) is 0.763. The highest BCUT2D eigenvalue weighted by molar-refractivity contribution is 5.88. The normalized spacial score (nSPS) is 18.7. The predicted octanol–water partition coefficient (Wildman–Crippen LogP) is 2.59. The monoisotopic (exact) mass is 261 g/mol. The molecule has 2 rings (SSSR count). The number of hydrogen-bond acceptors (Lipinski definition) is 3. The molecule has 1 aromatic carbocycles. The van der Waals surface area contributed by atoms with Crippen molar-refractivity contribution in [2.24, 2.45) is 0 Å². The van der Waals surface area contributed by atoms with E-state index in [4.69, 9.17) is 0 Å². The molecule has 19 heavy (non-hydrogen) atoms. The Morgan fingerprint density at radius 2 is 2.11 bits per heavy atom. The van der Waals surface area contributed by atoms with Gasteiger partial charge in [0.2, 0.25) is 5.91 Å². The van der Waals surface area contributed by atoms with Gasteiger partial charge in [-0.2, -0.15) is 0 Å². The van der Waals surface area contributed by atoms with Crippen LogP contribution in [0.5, 0.6) is 0 Å². The van der Waals surface area contributed by atoms with Crippen molar-refractivity contribution in [2.45, 2.75) is 45.2 Å². The minimum Gasteiger partial charge on any atom is -0.381 e. The minimum absolute atomic E-state index is 0.0855. The van der Waals surface area contributed by atoms with Gasteiger partial charge >= 0.3 is 0 Å². The van der Waals surface area contributed by atoms with Gasteiger partial charge in [0, 0.05) is 12.6 Å². The molecule has 4 heteroatoms. The molecule has 2 unspecified atom stereocenters. The van der Waals surface area contributed by atoms with Crippen LogP contribution >= 0.6 is 0 Å². The van der Waals surface area contributed by atoms with E-state index in [-0.39, 0.29) is 18.0 Å². The first-order valence-electron chi connectivity index (χ1n) is 7.14. The molecule has 1 amide bonds. The summed E-state index contributed by atoms with van der Waals surface area (Å²) in [5.41, 5.74) is 2.06. The molecule has 0 spiro atoms. The van der Waals surface area contributed by atoms with Crippen LogP contribution in [0.3, 0.4) is 0 Å². The zero-order valence-electron chi connectivity index (χ0n) is 11.7. The Morgan fingerprint density at radius 3 is 2.79 bits per heavy atom. The van der Waals surface area contributed by atoms with Gasteiger partial charge in [-0.3, -0.25) is 4.79 Å². The second-order valence-electron chi connectivity index (χ2n) is 5.03. The maximum atomic E-state index is 12.2. The highest BCUT2D eigenvalue weighted by Crippen LogP contribution is 2.25. The third kappa shape index (κ3) is 3.40. The Morgan fingerprint density at radius 1 is 1.37 bits per heavy atom. The summed E-state index contributed by atoms with van der Waals surface area (Å²) in [6.45, 7) is 4.89. The lowest BCUT2D eigenvalue weighted by Gasteiger charge is -2.29. The fraction of sp³-hybridized carbons (Fsp3) is 0.533. The number of nitrogens with one attached hydrogen (secondary N) is 3. The van der Waals surface area contributed by atoms with Crippen molar-refractivity contribution in [2.75, 3.05) is 17.2 Å². The number of fused-ring (bicyclic) bond motifs is 1. The molecule has 4 nitrogen and oxygen atoms in total. The Labute approximate surface area is 115 Å². The molecular weight excluding hydrogens is 238 g/mol. The third-order valence-corrected chi connectivity index (χ3v) is 3.55. The number of benzene rings is 1. The summed E-state index contributed by atoms with van der Waals surface area (Å²) >= 11 is 0. The van der Waals surface area contributed by atoms with Crippen LogP contribution in [0.15, 0.2) is 24.3 Å². The fourth-order valence-corrected chi connectivity index (χ4v) is 2.40. The predicted molar refractivity (Wildman–Crippen MR) is 79.5 cm³/mol. The SMILES string of the molecule is CCCC(CC)NC(=O)C1CNc2ccccc2N1. The van der Waals surface area contributed by atoms with Crippen LogP contribution in [-0.4, -0.2) is 24.5 Å². The van der Waals surface area contributed by atoms with Gasteiger partial charge in [-0.1, -0.05) is 32.4 Å². The molecule has 3 N–H and O–H groups in total. The lowest BCUT2D eigenvalue weighted by molar-refractivity contribution is -0.122. The van der Waals surface area contributed by atoms with Gasteiger partial charge < -0.3 is 16.0 Å². The van der Waals surface area contributed by atoms with Crippen LogP contribution in [0.1, 0.15) is 33.1 Å². The maximum absolute atomic E-state index is 12.2. The topological polar surface area (TPSA) is 53.2 Å². The molecule has 0 fully saturated rings. The summed E-state index contributed by atoms with van der Waals surface area (Å²) in [6, 6.07) is 8.06. The summed E-state index contributed by atoms with van der Waals surface area (Å²) in [5, 5.41) is 9.71. The fourth-order valence-electron chi connectivity index (χ4n) is 2.40. The number of carbonyl (C=O) groups is 1. The molecule has 0 aromatic heterocycles. The van der Waals surface area contributed by atoms with Gasteiger partial charge in [0.1, 0.15) is 6.04 Å². The number of carbonyl (C=O) groups excluding carboxylic acids is 1. The van der Waals surface area contributed by atoms with E-state index >= 15 is 0 Å². The standard InChI is InChI=1S/C15H23N3O/c1-3-7-11(4-2)17-15(19)14-10-16-12-8-5-6-9-13(12)18-14/h5-6,8-9,11,14,16,18H,3-4,7,10H2,1-2H3,(H,17,19). The second-order valence-corrected chi connectivity index (χ2v) is 5.03. The Hall–Kier alpha value is -1.71. The van der Waals surface area contributed by atoms with E-state index < -0.39 is 0 Å². The van der Waals surface area contributed by atoms with Crippen LogP contribution in [0.25, 0.3) is 0 Å². The summed E-state index contributed by atoms with van der Waals surface area (Å²) in [5.74, 6) is 0.0855. The first-order chi connectivity index (χ1) is 9.24. The number of para-hydroxylation sites is 2. The van der Waals surface area contributed by atoms with Gasteiger partial charge in [0.15, 0.2) is 0 Å². The van der Waals surface area contributed by atoms with Crippen molar-refractivity contribution < 1.29 is 4.79 Å². The molecule has 0 bridgehead atoms. The van der Waals surface area contributed by atoms with Crippen LogP contribution in [-0.2, 0) is 4.79 Å². The smallest absolute Gasteiger partial charge is 0.244 e. The Balaban J connectivity index is 1.95. The van der Waals surface area contributed by atoms with E-state index in [0.29, 0.717) is 6.54 Å². The van der Waals surface area contributed by atoms with E-state index in [0.717, 1.165) is 30.6 Å². The van der Waals surface area contributed by atoms with Crippen molar-refractivity contribution in [1.29, 1.82) is 0 Å². The van der Waals surface area contributed by atoms with Crippen LogP contribution in [0.4, 0.5) is 11.4 Å². The Bertz CT molecular complexity index is 433. The number of hydrogen-bond donors (Lipinski definition) is 3. The van der Waals surface area contributed by atoms with Crippen molar-refractivity contribution in [3.8, 4) is 0 Å².